The topological polar surface area (TPSA) is 107 Å². The van der Waals surface area contributed by atoms with E-state index in [0.717, 1.165) is 60.3 Å². The van der Waals surface area contributed by atoms with E-state index in [1.807, 2.05) is 25.2 Å². The van der Waals surface area contributed by atoms with Gasteiger partial charge in [-0.1, -0.05) is 12.1 Å². The number of pyridine rings is 2. The van der Waals surface area contributed by atoms with Crippen molar-refractivity contribution in [3.05, 3.63) is 77.2 Å². The second kappa shape index (κ2) is 10.9. The third-order valence-electron chi connectivity index (χ3n) is 7.66. The number of amides is 1. The lowest BCUT2D eigenvalue weighted by molar-refractivity contribution is 0.0601. The summed E-state index contributed by atoms with van der Waals surface area (Å²) in [6, 6.07) is 13.7. The van der Waals surface area contributed by atoms with Crippen molar-refractivity contribution in [1.29, 1.82) is 0 Å². The van der Waals surface area contributed by atoms with Gasteiger partial charge in [0.25, 0.3) is 5.91 Å². The highest BCUT2D eigenvalue weighted by atomic mass is 16.5. The molecule has 4 heterocycles. The number of fused-ring (bicyclic) bond motifs is 1. The van der Waals surface area contributed by atoms with Gasteiger partial charge in [0.15, 0.2) is 0 Å². The number of hydrogen-bond acceptors (Lipinski definition) is 7. The molecule has 3 aromatic heterocycles. The summed E-state index contributed by atoms with van der Waals surface area (Å²) in [5.74, 6) is 0.319. The van der Waals surface area contributed by atoms with E-state index in [0.29, 0.717) is 17.0 Å². The van der Waals surface area contributed by atoms with Crippen molar-refractivity contribution in [3.8, 4) is 11.1 Å². The van der Waals surface area contributed by atoms with Crippen LogP contribution in [0.1, 0.15) is 50.7 Å². The second-order valence-corrected chi connectivity index (χ2v) is 10.3. The maximum atomic E-state index is 12.5. The zero-order chi connectivity index (χ0) is 27.7. The Morgan fingerprint density at radius 1 is 1.05 bits per heavy atom. The molecule has 0 atom stereocenters. The molecule has 1 saturated heterocycles. The normalized spacial score (nSPS) is 14.5. The minimum atomic E-state index is -0.456. The van der Waals surface area contributed by atoms with Gasteiger partial charge in [-0.15, -0.1) is 0 Å². The molecule has 0 spiro atoms. The number of aromatic nitrogens is 3. The number of likely N-dealkylation sites (tertiary alicyclic amines) is 1. The maximum Gasteiger partial charge on any atom is 0.338 e. The quantitative estimate of drug-likeness (QED) is 0.377. The highest BCUT2D eigenvalue weighted by molar-refractivity contribution is 6.03. The van der Waals surface area contributed by atoms with Crippen LogP contribution in [0.25, 0.3) is 22.2 Å². The van der Waals surface area contributed by atoms with Crippen molar-refractivity contribution in [2.24, 2.45) is 7.05 Å². The Labute approximate surface area is 228 Å². The first-order valence-electron chi connectivity index (χ1n) is 13.1. The van der Waals surface area contributed by atoms with Gasteiger partial charge >= 0.3 is 5.97 Å². The van der Waals surface area contributed by atoms with Gasteiger partial charge < -0.3 is 19.9 Å². The van der Waals surface area contributed by atoms with E-state index in [1.54, 1.807) is 37.5 Å². The first-order chi connectivity index (χ1) is 18.8. The van der Waals surface area contributed by atoms with Crippen LogP contribution in [-0.4, -0.2) is 70.5 Å². The molecule has 202 valence electrons. The highest BCUT2D eigenvalue weighted by Crippen LogP contribution is 2.34. The Morgan fingerprint density at radius 3 is 2.44 bits per heavy atom. The Bertz CT molecular complexity index is 1520. The summed E-state index contributed by atoms with van der Waals surface area (Å²) in [5.41, 5.74) is 11.8. The number of methoxy groups -OCH3 is 1. The fourth-order valence-corrected chi connectivity index (χ4v) is 5.43. The summed E-state index contributed by atoms with van der Waals surface area (Å²) in [5, 5.41) is 0.953. The molecule has 1 fully saturated rings. The number of rotatable bonds is 6. The van der Waals surface area contributed by atoms with Crippen LogP contribution in [0.4, 0.5) is 5.82 Å². The fraction of sp³-hybridized carbons (Fsp3) is 0.333. The average molecular weight is 527 g/mol. The van der Waals surface area contributed by atoms with Crippen molar-refractivity contribution in [1.82, 2.24) is 24.3 Å². The Morgan fingerprint density at radius 2 is 1.77 bits per heavy atom. The van der Waals surface area contributed by atoms with Crippen molar-refractivity contribution in [2.45, 2.75) is 25.3 Å². The molecule has 5 rings (SSSR count). The number of aryl methyl sites for hydroxylation is 1. The summed E-state index contributed by atoms with van der Waals surface area (Å²) in [6.45, 7) is 2.78. The smallest absolute Gasteiger partial charge is 0.338 e. The third-order valence-corrected chi connectivity index (χ3v) is 7.66. The molecule has 1 aromatic carbocycles. The van der Waals surface area contributed by atoms with Crippen LogP contribution >= 0.6 is 0 Å². The molecular formula is C30H34N6O3. The maximum absolute atomic E-state index is 12.5. The SMILES string of the molecule is COC(=O)c1cc(N)ncc1-c1ccnc2c1cc(CN1CCC(c3ccc(C(=O)N(C)C)cc3)CC1)n2C. The van der Waals surface area contributed by atoms with Gasteiger partial charge in [-0.3, -0.25) is 9.69 Å². The summed E-state index contributed by atoms with van der Waals surface area (Å²) < 4.78 is 7.11. The van der Waals surface area contributed by atoms with Crippen LogP contribution in [-0.2, 0) is 18.3 Å². The van der Waals surface area contributed by atoms with Gasteiger partial charge in [-0.25, -0.2) is 14.8 Å². The monoisotopic (exact) mass is 526 g/mol. The number of anilines is 1. The van der Waals surface area contributed by atoms with Crippen molar-refractivity contribution in [3.63, 3.8) is 0 Å². The van der Waals surface area contributed by atoms with Gasteiger partial charge in [-0.2, -0.15) is 0 Å². The molecule has 0 saturated carbocycles. The van der Waals surface area contributed by atoms with Gasteiger partial charge in [0, 0.05) is 62.3 Å². The van der Waals surface area contributed by atoms with Crippen molar-refractivity contribution < 1.29 is 14.3 Å². The molecule has 0 radical (unpaired) electrons. The number of nitrogens with two attached hydrogens (primary N) is 1. The van der Waals surface area contributed by atoms with E-state index in [2.05, 4.69) is 37.6 Å². The minimum Gasteiger partial charge on any atom is -0.465 e. The summed E-state index contributed by atoms with van der Waals surface area (Å²) in [4.78, 5) is 37.6. The number of nitrogens with zero attached hydrogens (tertiary/aromatic N) is 5. The van der Waals surface area contributed by atoms with E-state index < -0.39 is 5.97 Å². The van der Waals surface area contributed by atoms with E-state index in [4.69, 9.17) is 10.5 Å². The van der Waals surface area contributed by atoms with Gasteiger partial charge in [0.2, 0.25) is 0 Å². The Balaban J connectivity index is 1.33. The lowest BCUT2D eigenvalue weighted by Gasteiger charge is -2.32. The zero-order valence-electron chi connectivity index (χ0n) is 22.8. The van der Waals surface area contributed by atoms with Gasteiger partial charge in [0.05, 0.1) is 12.7 Å². The predicted molar refractivity (Wildman–Crippen MR) is 151 cm³/mol. The zero-order valence-corrected chi connectivity index (χ0v) is 22.8. The molecule has 0 bridgehead atoms. The molecule has 0 unspecified atom stereocenters. The lowest BCUT2D eigenvalue weighted by atomic mass is 9.89. The fourth-order valence-electron chi connectivity index (χ4n) is 5.43. The first-order valence-corrected chi connectivity index (χ1v) is 13.1. The van der Waals surface area contributed by atoms with Crippen LogP contribution in [0.2, 0.25) is 0 Å². The molecule has 1 aliphatic rings. The van der Waals surface area contributed by atoms with E-state index in [9.17, 15) is 9.59 Å². The number of hydrogen-bond donors (Lipinski definition) is 1. The van der Waals surface area contributed by atoms with Crippen LogP contribution in [0.5, 0.6) is 0 Å². The lowest BCUT2D eigenvalue weighted by Crippen LogP contribution is -2.33. The van der Waals surface area contributed by atoms with E-state index in [1.165, 1.54) is 12.7 Å². The molecule has 2 N–H and O–H groups in total. The van der Waals surface area contributed by atoms with E-state index >= 15 is 0 Å². The highest BCUT2D eigenvalue weighted by Gasteiger charge is 2.23. The van der Waals surface area contributed by atoms with Crippen LogP contribution < -0.4 is 5.73 Å². The third kappa shape index (κ3) is 5.22. The molecule has 1 aliphatic heterocycles. The van der Waals surface area contributed by atoms with Crippen molar-refractivity contribution in [2.75, 3.05) is 40.0 Å². The predicted octanol–water partition coefficient (Wildman–Crippen LogP) is 4.09. The van der Waals surface area contributed by atoms with E-state index in [-0.39, 0.29) is 11.7 Å². The Hall–Kier alpha value is -4.24. The summed E-state index contributed by atoms with van der Waals surface area (Å²) in [6.07, 6.45) is 5.50. The number of piperidine rings is 1. The molecule has 0 aliphatic carbocycles. The average Bonchev–Trinajstić information content (AvgIpc) is 3.27. The molecule has 39 heavy (non-hydrogen) atoms. The summed E-state index contributed by atoms with van der Waals surface area (Å²) >= 11 is 0. The minimum absolute atomic E-state index is 0.0261. The van der Waals surface area contributed by atoms with Crippen LogP contribution in [0.3, 0.4) is 0 Å². The number of carbonyl (C=O) groups is 2. The number of carbonyl (C=O) groups excluding carboxylic acids is 2. The molecule has 4 aromatic rings. The largest absolute Gasteiger partial charge is 0.465 e. The number of ether oxygens (including phenoxy) is 1. The number of esters is 1. The van der Waals surface area contributed by atoms with Crippen LogP contribution in [0, 0.1) is 0 Å². The standard InChI is InChI=1S/C30H34N6O3/c1-34(2)29(37)21-7-5-19(6-8-21)20-10-13-36(14-11-20)18-22-15-24-23(9-12-32-28(24)35(22)3)26-17-33-27(31)16-25(26)30(38)39-4/h5-9,12,15-17,20H,10-11,13-14,18H2,1-4H3,(H2,31,33). The Kier molecular flexibility index (Phi) is 7.34. The summed E-state index contributed by atoms with van der Waals surface area (Å²) in [7, 11) is 6.93. The van der Waals surface area contributed by atoms with Gasteiger partial charge in [-0.05, 0) is 73.3 Å². The van der Waals surface area contributed by atoms with Crippen LogP contribution in [0.15, 0.2) is 54.9 Å². The molecular weight excluding hydrogens is 492 g/mol. The molecule has 9 heteroatoms. The van der Waals surface area contributed by atoms with Gasteiger partial charge in [0.1, 0.15) is 11.5 Å². The molecule has 1 amide bonds. The van der Waals surface area contributed by atoms with Crippen molar-refractivity contribution >= 4 is 28.7 Å². The number of nitrogen functional groups attached to an aromatic ring is 1. The molecule has 9 nitrogen and oxygen atoms in total. The number of benzene rings is 1. The first kappa shape index (κ1) is 26.4. The second-order valence-electron chi connectivity index (χ2n) is 10.3.